The number of amides is 2. The molecule has 0 aliphatic rings. The molecular formula is C18H24N4OS. The molecule has 0 saturated carbocycles. The molecule has 0 spiro atoms. The lowest BCUT2D eigenvalue weighted by atomic mass is 10.2. The van der Waals surface area contributed by atoms with E-state index < -0.39 is 0 Å². The quantitative estimate of drug-likeness (QED) is 0.782. The van der Waals surface area contributed by atoms with Crippen LogP contribution in [-0.4, -0.2) is 54.3 Å². The Kier molecular flexibility index (Phi) is 7.08. The molecule has 5 nitrogen and oxygen atoms in total. The minimum Gasteiger partial charge on any atom is -0.319 e. The second kappa shape index (κ2) is 9.30. The van der Waals surface area contributed by atoms with E-state index in [-0.39, 0.29) is 6.03 Å². The van der Waals surface area contributed by atoms with Gasteiger partial charge in [-0.05, 0) is 44.1 Å². The lowest BCUT2D eigenvalue weighted by Crippen LogP contribution is -2.39. The van der Waals surface area contributed by atoms with Gasteiger partial charge in [0.1, 0.15) is 0 Å². The number of nitrogens with one attached hydrogen (secondary N) is 1. The normalized spacial score (nSPS) is 10.7. The van der Waals surface area contributed by atoms with E-state index in [1.165, 1.54) is 0 Å². The number of para-hydroxylation sites is 1. The van der Waals surface area contributed by atoms with Crippen LogP contribution in [0.3, 0.4) is 0 Å². The van der Waals surface area contributed by atoms with E-state index in [9.17, 15) is 4.79 Å². The van der Waals surface area contributed by atoms with Gasteiger partial charge in [0.05, 0.1) is 5.69 Å². The summed E-state index contributed by atoms with van der Waals surface area (Å²) in [6.07, 6.45) is 5.54. The predicted octanol–water partition coefficient (Wildman–Crippen LogP) is 3.40. The van der Waals surface area contributed by atoms with Gasteiger partial charge in [0, 0.05) is 36.9 Å². The van der Waals surface area contributed by atoms with Crippen LogP contribution in [0.25, 0.3) is 0 Å². The number of hydrogen-bond donors (Lipinski definition) is 1. The highest BCUT2D eigenvalue weighted by molar-refractivity contribution is 7.98. The fourth-order valence-electron chi connectivity index (χ4n) is 2.23. The first-order chi connectivity index (χ1) is 11.6. The summed E-state index contributed by atoms with van der Waals surface area (Å²) in [6, 6.07) is 11.6. The number of likely N-dealkylation sites (N-methyl/N-ethyl adjacent to an activating group) is 1. The van der Waals surface area contributed by atoms with Gasteiger partial charge in [-0.3, -0.25) is 4.98 Å². The van der Waals surface area contributed by atoms with Crippen LogP contribution in [-0.2, 0) is 6.54 Å². The molecule has 0 aliphatic heterocycles. The number of urea groups is 1. The van der Waals surface area contributed by atoms with Crippen LogP contribution in [0.5, 0.6) is 0 Å². The van der Waals surface area contributed by atoms with Gasteiger partial charge >= 0.3 is 6.03 Å². The molecule has 1 heterocycles. The van der Waals surface area contributed by atoms with Crippen LogP contribution in [0.15, 0.2) is 53.7 Å². The Labute approximate surface area is 148 Å². The van der Waals surface area contributed by atoms with Crippen molar-refractivity contribution in [2.75, 3.05) is 38.8 Å². The maximum Gasteiger partial charge on any atom is 0.322 e. The van der Waals surface area contributed by atoms with Gasteiger partial charge in [-0.2, -0.15) is 0 Å². The van der Waals surface area contributed by atoms with E-state index in [0.29, 0.717) is 13.1 Å². The lowest BCUT2D eigenvalue weighted by Gasteiger charge is -2.25. The predicted molar refractivity (Wildman–Crippen MR) is 100 cm³/mol. The SMILES string of the molecule is CSc1ccccc1NC(=O)N(CCN(C)C)Cc1cccnc1. The molecule has 2 amide bonds. The molecule has 0 bridgehead atoms. The number of benzene rings is 1. The Hall–Kier alpha value is -2.05. The number of carbonyl (C=O) groups is 1. The third-order valence-corrected chi connectivity index (χ3v) is 4.34. The second-order valence-corrected chi connectivity index (χ2v) is 6.56. The van der Waals surface area contributed by atoms with E-state index in [4.69, 9.17) is 0 Å². The Bertz CT molecular complexity index is 648. The number of aromatic nitrogens is 1. The summed E-state index contributed by atoms with van der Waals surface area (Å²) in [5, 5.41) is 3.03. The first-order valence-electron chi connectivity index (χ1n) is 7.82. The number of thioether (sulfide) groups is 1. The van der Waals surface area contributed by atoms with E-state index >= 15 is 0 Å². The van der Waals surface area contributed by atoms with Crippen molar-refractivity contribution in [3.8, 4) is 0 Å². The van der Waals surface area contributed by atoms with Crippen molar-refractivity contribution in [2.24, 2.45) is 0 Å². The topological polar surface area (TPSA) is 48.5 Å². The Morgan fingerprint density at radius 2 is 1.96 bits per heavy atom. The second-order valence-electron chi connectivity index (χ2n) is 5.72. The van der Waals surface area contributed by atoms with E-state index in [1.54, 1.807) is 24.2 Å². The summed E-state index contributed by atoms with van der Waals surface area (Å²) >= 11 is 1.62. The summed E-state index contributed by atoms with van der Waals surface area (Å²) in [6.45, 7) is 1.99. The number of pyridine rings is 1. The van der Waals surface area contributed by atoms with E-state index in [0.717, 1.165) is 22.7 Å². The Morgan fingerprint density at radius 3 is 2.62 bits per heavy atom. The van der Waals surface area contributed by atoms with Crippen LogP contribution in [0.4, 0.5) is 10.5 Å². The molecule has 1 aromatic heterocycles. The first kappa shape index (κ1) is 18.3. The maximum absolute atomic E-state index is 12.8. The number of rotatable bonds is 7. The van der Waals surface area contributed by atoms with Crippen LogP contribution in [0.2, 0.25) is 0 Å². The van der Waals surface area contributed by atoms with Crippen LogP contribution in [0.1, 0.15) is 5.56 Å². The zero-order valence-corrected chi connectivity index (χ0v) is 15.2. The maximum atomic E-state index is 12.8. The van der Waals surface area contributed by atoms with Crippen LogP contribution >= 0.6 is 11.8 Å². The molecule has 24 heavy (non-hydrogen) atoms. The fourth-order valence-corrected chi connectivity index (χ4v) is 2.78. The van der Waals surface area contributed by atoms with Crippen molar-refractivity contribution in [3.63, 3.8) is 0 Å². The Morgan fingerprint density at radius 1 is 1.17 bits per heavy atom. The minimum absolute atomic E-state index is 0.0952. The molecule has 2 rings (SSSR count). The highest BCUT2D eigenvalue weighted by Gasteiger charge is 2.15. The number of anilines is 1. The third kappa shape index (κ3) is 5.54. The molecule has 2 aromatic rings. The van der Waals surface area contributed by atoms with Crippen molar-refractivity contribution < 1.29 is 4.79 Å². The summed E-state index contributed by atoms with van der Waals surface area (Å²) in [4.78, 5) is 21.8. The largest absolute Gasteiger partial charge is 0.322 e. The van der Waals surface area contributed by atoms with Gasteiger partial charge in [0.25, 0.3) is 0 Å². The molecule has 0 aliphatic carbocycles. The van der Waals surface area contributed by atoms with Crippen LogP contribution in [0, 0.1) is 0 Å². The molecular weight excluding hydrogens is 320 g/mol. The molecule has 0 saturated heterocycles. The summed E-state index contributed by atoms with van der Waals surface area (Å²) in [7, 11) is 4.01. The molecule has 1 N–H and O–H groups in total. The zero-order valence-electron chi connectivity index (χ0n) is 14.4. The third-order valence-electron chi connectivity index (χ3n) is 3.55. The van der Waals surface area contributed by atoms with Gasteiger partial charge < -0.3 is 15.1 Å². The molecule has 1 aromatic carbocycles. The van der Waals surface area contributed by atoms with Crippen molar-refractivity contribution in [1.82, 2.24) is 14.8 Å². The Balaban J connectivity index is 2.11. The van der Waals surface area contributed by atoms with Crippen molar-refractivity contribution in [2.45, 2.75) is 11.4 Å². The number of nitrogens with zero attached hydrogens (tertiary/aromatic N) is 3. The lowest BCUT2D eigenvalue weighted by molar-refractivity contribution is 0.202. The first-order valence-corrected chi connectivity index (χ1v) is 9.05. The van der Waals surface area contributed by atoms with Crippen LogP contribution < -0.4 is 5.32 Å². The zero-order chi connectivity index (χ0) is 17.4. The summed E-state index contributed by atoms with van der Waals surface area (Å²) < 4.78 is 0. The van der Waals surface area contributed by atoms with Crippen molar-refractivity contribution >= 4 is 23.5 Å². The summed E-state index contributed by atoms with van der Waals surface area (Å²) in [5.74, 6) is 0. The molecule has 6 heteroatoms. The monoisotopic (exact) mass is 344 g/mol. The van der Waals surface area contributed by atoms with Gasteiger partial charge in [-0.1, -0.05) is 18.2 Å². The molecule has 0 fully saturated rings. The molecule has 0 unspecified atom stereocenters. The number of carbonyl (C=O) groups excluding carboxylic acids is 1. The molecule has 0 atom stereocenters. The summed E-state index contributed by atoms with van der Waals surface area (Å²) in [5.41, 5.74) is 1.86. The standard InChI is InChI=1S/C18H24N4OS/c1-21(2)11-12-22(14-15-7-6-10-19-13-15)18(23)20-16-8-4-5-9-17(16)24-3/h4-10,13H,11-12,14H2,1-3H3,(H,20,23). The highest BCUT2D eigenvalue weighted by Crippen LogP contribution is 2.25. The average molecular weight is 344 g/mol. The minimum atomic E-state index is -0.0952. The van der Waals surface area contributed by atoms with Gasteiger partial charge in [0.2, 0.25) is 0 Å². The van der Waals surface area contributed by atoms with Gasteiger partial charge in [-0.15, -0.1) is 11.8 Å². The van der Waals surface area contributed by atoms with Crippen molar-refractivity contribution in [3.05, 3.63) is 54.4 Å². The van der Waals surface area contributed by atoms with Crippen molar-refractivity contribution in [1.29, 1.82) is 0 Å². The van der Waals surface area contributed by atoms with E-state index in [1.807, 2.05) is 61.6 Å². The van der Waals surface area contributed by atoms with Gasteiger partial charge in [0.15, 0.2) is 0 Å². The molecule has 128 valence electrons. The smallest absolute Gasteiger partial charge is 0.319 e. The van der Waals surface area contributed by atoms with Gasteiger partial charge in [-0.25, -0.2) is 4.79 Å². The number of hydrogen-bond acceptors (Lipinski definition) is 4. The average Bonchev–Trinajstić information content (AvgIpc) is 2.59. The van der Waals surface area contributed by atoms with E-state index in [2.05, 4.69) is 15.2 Å². The fraction of sp³-hybridized carbons (Fsp3) is 0.333. The molecule has 0 radical (unpaired) electrons. The highest BCUT2D eigenvalue weighted by atomic mass is 32.2.